The molecule has 1 rings (SSSR count). The Bertz CT molecular complexity index is 305. The van der Waals surface area contributed by atoms with E-state index >= 15 is 0 Å². The molecule has 0 saturated heterocycles. The number of hydrogen-bond acceptors (Lipinski definition) is 3. The number of carbonyl (C=O) groups is 1. The van der Waals surface area contributed by atoms with E-state index in [1.807, 2.05) is 0 Å². The number of rotatable bonds is 1. The van der Waals surface area contributed by atoms with Crippen molar-refractivity contribution in [3.05, 3.63) is 28.2 Å². The highest BCUT2D eigenvalue weighted by atomic mass is 35.5. The zero-order chi connectivity index (χ0) is 9.84. The van der Waals surface area contributed by atoms with Crippen molar-refractivity contribution in [3.63, 3.8) is 0 Å². The first kappa shape index (κ1) is 10.2. The summed E-state index contributed by atoms with van der Waals surface area (Å²) in [6.07, 6.45) is -0.807. The largest absolute Gasteiger partial charge is 0.513 e. The van der Waals surface area contributed by atoms with Crippen molar-refractivity contribution >= 4 is 29.4 Å². The molecule has 0 unspecified atom stereocenters. The Labute approximate surface area is 85.2 Å². The van der Waals surface area contributed by atoms with E-state index in [-0.39, 0.29) is 5.75 Å². The molecule has 0 fully saturated rings. The fourth-order valence-electron chi connectivity index (χ4n) is 0.725. The number of benzene rings is 1. The Kier molecular flexibility index (Phi) is 3.39. The zero-order valence-electron chi connectivity index (χ0n) is 6.71. The van der Waals surface area contributed by atoms with Gasteiger partial charge < -0.3 is 9.47 Å². The number of ether oxygens (including phenoxy) is 2. The summed E-state index contributed by atoms with van der Waals surface area (Å²) in [5.41, 5.74) is 0. The Hall–Kier alpha value is -0.930. The molecule has 0 aromatic heterocycles. The van der Waals surface area contributed by atoms with Crippen molar-refractivity contribution in [2.75, 3.05) is 7.11 Å². The topological polar surface area (TPSA) is 35.5 Å². The molecule has 0 N–H and O–H groups in total. The summed E-state index contributed by atoms with van der Waals surface area (Å²) in [6.45, 7) is 0. The second kappa shape index (κ2) is 4.35. The van der Waals surface area contributed by atoms with Crippen molar-refractivity contribution in [1.82, 2.24) is 0 Å². The second-order valence-corrected chi connectivity index (χ2v) is 3.03. The first-order chi connectivity index (χ1) is 6.11. The van der Waals surface area contributed by atoms with E-state index in [9.17, 15) is 4.79 Å². The van der Waals surface area contributed by atoms with Gasteiger partial charge in [-0.1, -0.05) is 23.2 Å². The van der Waals surface area contributed by atoms with E-state index in [0.29, 0.717) is 10.0 Å². The molecule has 0 heterocycles. The minimum absolute atomic E-state index is 0.254. The van der Waals surface area contributed by atoms with Crippen LogP contribution in [0.5, 0.6) is 5.75 Å². The molecule has 5 heteroatoms. The summed E-state index contributed by atoms with van der Waals surface area (Å²) in [6, 6.07) is 4.46. The van der Waals surface area contributed by atoms with Crippen molar-refractivity contribution in [2.24, 2.45) is 0 Å². The lowest BCUT2D eigenvalue weighted by Crippen LogP contribution is -2.06. The molecule has 1 aromatic rings. The molecule has 70 valence electrons. The van der Waals surface area contributed by atoms with Crippen LogP contribution in [-0.2, 0) is 4.74 Å². The Balaban J connectivity index is 2.83. The van der Waals surface area contributed by atoms with Crippen LogP contribution in [0, 0.1) is 0 Å². The summed E-state index contributed by atoms with van der Waals surface area (Å²) in [4.78, 5) is 10.7. The van der Waals surface area contributed by atoms with Crippen molar-refractivity contribution in [1.29, 1.82) is 0 Å². The lowest BCUT2D eigenvalue weighted by molar-refractivity contribution is 0.121. The smallest absolute Gasteiger partial charge is 0.437 e. The third kappa shape index (κ3) is 3.13. The van der Waals surface area contributed by atoms with Crippen LogP contribution in [0.4, 0.5) is 4.79 Å². The average molecular weight is 221 g/mol. The van der Waals surface area contributed by atoms with Crippen molar-refractivity contribution in [2.45, 2.75) is 0 Å². The molecule has 0 bridgehead atoms. The zero-order valence-corrected chi connectivity index (χ0v) is 8.22. The highest BCUT2D eigenvalue weighted by molar-refractivity contribution is 6.34. The van der Waals surface area contributed by atoms with Gasteiger partial charge in [0.2, 0.25) is 0 Å². The summed E-state index contributed by atoms with van der Waals surface area (Å²) in [7, 11) is 1.22. The molecule has 0 aliphatic carbocycles. The fourth-order valence-corrected chi connectivity index (χ4v) is 1.23. The number of halogens is 2. The monoisotopic (exact) mass is 220 g/mol. The van der Waals surface area contributed by atoms with Crippen LogP contribution in [0.15, 0.2) is 18.2 Å². The van der Waals surface area contributed by atoms with Gasteiger partial charge in [-0.3, -0.25) is 0 Å². The maximum absolute atomic E-state index is 10.7. The summed E-state index contributed by atoms with van der Waals surface area (Å²) >= 11 is 11.3. The molecular weight excluding hydrogens is 215 g/mol. The Morgan fingerprint density at radius 1 is 1.23 bits per heavy atom. The summed E-state index contributed by atoms with van der Waals surface area (Å²) in [5.74, 6) is 0.254. The van der Waals surface area contributed by atoms with E-state index in [2.05, 4.69) is 4.74 Å². The van der Waals surface area contributed by atoms with Crippen LogP contribution < -0.4 is 4.74 Å². The Morgan fingerprint density at radius 3 is 2.23 bits per heavy atom. The molecule has 0 radical (unpaired) electrons. The quantitative estimate of drug-likeness (QED) is 0.539. The number of carbonyl (C=O) groups excluding carboxylic acids is 1. The van der Waals surface area contributed by atoms with Crippen LogP contribution in [0.3, 0.4) is 0 Å². The van der Waals surface area contributed by atoms with Crippen LogP contribution in [0.2, 0.25) is 10.0 Å². The van der Waals surface area contributed by atoms with Crippen LogP contribution in [0.25, 0.3) is 0 Å². The second-order valence-electron chi connectivity index (χ2n) is 2.16. The highest BCUT2D eigenvalue weighted by Crippen LogP contribution is 2.24. The van der Waals surface area contributed by atoms with Crippen LogP contribution in [0.1, 0.15) is 0 Å². The van der Waals surface area contributed by atoms with Gasteiger partial charge in [-0.2, -0.15) is 0 Å². The fraction of sp³-hybridized carbons (Fsp3) is 0.125. The molecule has 0 spiro atoms. The van der Waals surface area contributed by atoms with E-state index < -0.39 is 6.16 Å². The van der Waals surface area contributed by atoms with E-state index in [1.54, 1.807) is 0 Å². The number of hydrogen-bond donors (Lipinski definition) is 0. The number of methoxy groups -OCH3 is 1. The van der Waals surface area contributed by atoms with Crippen molar-refractivity contribution < 1.29 is 14.3 Å². The first-order valence-electron chi connectivity index (χ1n) is 3.33. The van der Waals surface area contributed by atoms with Gasteiger partial charge in [0.1, 0.15) is 5.75 Å². The lowest BCUT2D eigenvalue weighted by Gasteiger charge is -2.02. The van der Waals surface area contributed by atoms with Crippen LogP contribution >= 0.6 is 23.2 Å². The van der Waals surface area contributed by atoms with Gasteiger partial charge in [0.05, 0.1) is 7.11 Å². The highest BCUT2D eigenvalue weighted by Gasteiger charge is 2.05. The SMILES string of the molecule is COC(=O)Oc1cc(Cl)cc(Cl)c1. The molecular formula is C8H6Cl2O3. The molecule has 0 atom stereocenters. The standard InChI is InChI=1S/C8H6Cl2O3/c1-12-8(11)13-7-3-5(9)2-6(10)4-7/h2-4H,1H3. The minimum Gasteiger partial charge on any atom is -0.437 e. The normalized spacial score (nSPS) is 9.46. The predicted molar refractivity (Wildman–Crippen MR) is 49.5 cm³/mol. The van der Waals surface area contributed by atoms with E-state index in [1.165, 1.54) is 25.3 Å². The molecule has 0 amide bonds. The van der Waals surface area contributed by atoms with Gasteiger partial charge in [0, 0.05) is 10.0 Å². The van der Waals surface area contributed by atoms with Crippen LogP contribution in [-0.4, -0.2) is 13.3 Å². The van der Waals surface area contributed by atoms with E-state index in [0.717, 1.165) is 0 Å². The maximum Gasteiger partial charge on any atom is 0.513 e. The lowest BCUT2D eigenvalue weighted by atomic mass is 10.3. The molecule has 0 saturated carbocycles. The van der Waals surface area contributed by atoms with Gasteiger partial charge in [-0.05, 0) is 18.2 Å². The van der Waals surface area contributed by atoms with Gasteiger partial charge in [-0.25, -0.2) is 4.79 Å². The third-order valence-electron chi connectivity index (χ3n) is 1.20. The van der Waals surface area contributed by atoms with Gasteiger partial charge in [0.25, 0.3) is 0 Å². The Morgan fingerprint density at radius 2 is 1.77 bits per heavy atom. The summed E-state index contributed by atoms with van der Waals surface area (Å²) in [5, 5.41) is 0.790. The van der Waals surface area contributed by atoms with Crippen molar-refractivity contribution in [3.8, 4) is 5.75 Å². The predicted octanol–water partition coefficient (Wildman–Crippen LogP) is 3.14. The molecule has 0 aliphatic heterocycles. The minimum atomic E-state index is -0.807. The molecule has 3 nitrogen and oxygen atoms in total. The van der Waals surface area contributed by atoms with Gasteiger partial charge in [0.15, 0.2) is 0 Å². The molecule has 0 aliphatic rings. The summed E-state index contributed by atoms with van der Waals surface area (Å²) < 4.78 is 8.98. The molecule has 1 aromatic carbocycles. The third-order valence-corrected chi connectivity index (χ3v) is 1.64. The first-order valence-corrected chi connectivity index (χ1v) is 4.09. The molecule has 13 heavy (non-hydrogen) atoms. The van der Waals surface area contributed by atoms with Gasteiger partial charge in [-0.15, -0.1) is 0 Å². The van der Waals surface area contributed by atoms with E-state index in [4.69, 9.17) is 27.9 Å². The maximum atomic E-state index is 10.7. The average Bonchev–Trinajstić information content (AvgIpc) is 2.02. The van der Waals surface area contributed by atoms with Gasteiger partial charge >= 0.3 is 6.16 Å².